The second kappa shape index (κ2) is 5.93. The van der Waals surface area contributed by atoms with Crippen LogP contribution in [0.3, 0.4) is 0 Å². The van der Waals surface area contributed by atoms with Crippen molar-refractivity contribution in [2.45, 2.75) is 6.61 Å². The van der Waals surface area contributed by atoms with Gasteiger partial charge in [0.1, 0.15) is 12.4 Å². The molecule has 0 bridgehead atoms. The Morgan fingerprint density at radius 3 is 2.43 bits per heavy atom. The Bertz CT molecular complexity index is 726. The number of rotatable bonds is 4. The molecule has 0 amide bonds. The highest BCUT2D eigenvalue weighted by Gasteiger charge is 2.09. The van der Waals surface area contributed by atoms with Gasteiger partial charge in [0.25, 0.3) is 5.89 Å². The third kappa shape index (κ3) is 3.38. The number of ether oxygens (including phenoxy) is 1. The van der Waals surface area contributed by atoms with Crippen molar-refractivity contribution in [3.05, 3.63) is 64.9 Å². The smallest absolute Gasteiger partial charge is 0.415 e. The Balaban J connectivity index is 1.67. The summed E-state index contributed by atoms with van der Waals surface area (Å²) in [6, 6.07) is 13.0. The van der Waals surface area contributed by atoms with Crippen molar-refractivity contribution >= 4 is 11.6 Å². The van der Waals surface area contributed by atoms with E-state index in [9.17, 15) is 4.39 Å². The van der Waals surface area contributed by atoms with Gasteiger partial charge in [-0.3, -0.25) is 0 Å². The van der Waals surface area contributed by atoms with Gasteiger partial charge in [-0.15, -0.1) is 5.10 Å². The molecule has 0 aliphatic rings. The Labute approximate surface area is 125 Å². The Morgan fingerprint density at radius 1 is 1.00 bits per heavy atom. The van der Waals surface area contributed by atoms with E-state index in [1.807, 2.05) is 12.1 Å². The Morgan fingerprint density at radius 2 is 1.71 bits per heavy atom. The van der Waals surface area contributed by atoms with E-state index in [0.717, 1.165) is 5.56 Å². The van der Waals surface area contributed by atoms with Crippen LogP contribution in [0.15, 0.2) is 52.9 Å². The van der Waals surface area contributed by atoms with Crippen LogP contribution in [-0.2, 0) is 6.61 Å². The fourth-order valence-corrected chi connectivity index (χ4v) is 1.83. The molecule has 0 radical (unpaired) electrons. The lowest BCUT2D eigenvalue weighted by molar-refractivity contribution is 0.222. The van der Waals surface area contributed by atoms with Crippen molar-refractivity contribution in [3.63, 3.8) is 0 Å². The molecule has 0 unspecified atom stereocenters. The van der Waals surface area contributed by atoms with Crippen LogP contribution in [0.2, 0.25) is 5.02 Å². The van der Waals surface area contributed by atoms with Gasteiger partial charge in [0.05, 0.1) is 0 Å². The molecule has 2 aromatic carbocycles. The summed E-state index contributed by atoms with van der Waals surface area (Å²) < 4.78 is 23.6. The van der Waals surface area contributed by atoms with E-state index in [1.54, 1.807) is 24.3 Å². The zero-order chi connectivity index (χ0) is 14.7. The van der Waals surface area contributed by atoms with Crippen LogP contribution in [0.4, 0.5) is 4.39 Å². The van der Waals surface area contributed by atoms with Crippen molar-refractivity contribution < 1.29 is 13.5 Å². The largest absolute Gasteiger partial charge is 0.444 e. The SMILES string of the molecule is Fc1ccc(-c2nnc(OCc3ccc(Cl)cc3)o2)cc1. The number of halogens is 2. The van der Waals surface area contributed by atoms with E-state index in [4.69, 9.17) is 20.8 Å². The van der Waals surface area contributed by atoms with Crippen LogP contribution in [0.1, 0.15) is 5.56 Å². The van der Waals surface area contributed by atoms with Crippen molar-refractivity contribution in [3.8, 4) is 17.5 Å². The molecule has 0 aliphatic heterocycles. The summed E-state index contributed by atoms with van der Waals surface area (Å²) in [6.07, 6.45) is 0.0595. The zero-order valence-corrected chi connectivity index (χ0v) is 11.5. The van der Waals surface area contributed by atoms with Gasteiger partial charge in [-0.2, -0.15) is 0 Å². The van der Waals surface area contributed by atoms with Crippen LogP contribution in [0.5, 0.6) is 6.08 Å². The maximum absolute atomic E-state index is 12.8. The fourth-order valence-electron chi connectivity index (χ4n) is 1.70. The van der Waals surface area contributed by atoms with Crippen LogP contribution in [0, 0.1) is 5.82 Å². The fraction of sp³-hybridized carbons (Fsp3) is 0.0667. The van der Waals surface area contributed by atoms with Gasteiger partial charge >= 0.3 is 6.08 Å². The third-order valence-corrected chi connectivity index (χ3v) is 3.03. The van der Waals surface area contributed by atoms with E-state index in [0.29, 0.717) is 17.2 Å². The van der Waals surface area contributed by atoms with E-state index in [-0.39, 0.29) is 17.8 Å². The lowest BCUT2D eigenvalue weighted by Gasteiger charge is -2.01. The highest BCUT2D eigenvalue weighted by molar-refractivity contribution is 6.30. The molecule has 21 heavy (non-hydrogen) atoms. The predicted molar refractivity (Wildman–Crippen MR) is 75.5 cm³/mol. The number of hydrogen-bond acceptors (Lipinski definition) is 4. The van der Waals surface area contributed by atoms with Crippen molar-refractivity contribution in [2.24, 2.45) is 0 Å². The zero-order valence-electron chi connectivity index (χ0n) is 10.8. The average molecular weight is 305 g/mol. The van der Waals surface area contributed by atoms with Crippen LogP contribution >= 0.6 is 11.6 Å². The molecule has 3 aromatic rings. The Hall–Kier alpha value is -2.40. The summed E-state index contributed by atoms with van der Waals surface area (Å²) in [7, 11) is 0. The summed E-state index contributed by atoms with van der Waals surface area (Å²) in [5.74, 6) is -0.0430. The Kier molecular flexibility index (Phi) is 3.83. The average Bonchev–Trinajstić information content (AvgIpc) is 2.96. The molecule has 0 saturated carbocycles. The topological polar surface area (TPSA) is 48.2 Å². The lowest BCUT2D eigenvalue weighted by atomic mass is 10.2. The van der Waals surface area contributed by atoms with Gasteiger partial charge in [0.15, 0.2) is 0 Å². The first-order valence-corrected chi connectivity index (χ1v) is 6.55. The summed E-state index contributed by atoms with van der Waals surface area (Å²) in [4.78, 5) is 0. The first-order valence-electron chi connectivity index (χ1n) is 6.17. The van der Waals surface area contributed by atoms with Gasteiger partial charge < -0.3 is 9.15 Å². The molecular weight excluding hydrogens is 295 g/mol. The molecule has 0 N–H and O–H groups in total. The summed E-state index contributed by atoms with van der Waals surface area (Å²) >= 11 is 5.80. The molecule has 4 nitrogen and oxygen atoms in total. The van der Waals surface area contributed by atoms with Crippen LogP contribution in [0.25, 0.3) is 11.5 Å². The summed E-state index contributed by atoms with van der Waals surface area (Å²) in [5.41, 5.74) is 1.56. The first-order chi connectivity index (χ1) is 10.2. The predicted octanol–water partition coefficient (Wildman–Crippen LogP) is 4.11. The second-order valence-corrected chi connectivity index (χ2v) is 4.73. The number of benzene rings is 2. The summed E-state index contributed by atoms with van der Waals surface area (Å²) in [6.45, 7) is 0.294. The second-order valence-electron chi connectivity index (χ2n) is 4.30. The normalized spacial score (nSPS) is 10.6. The van der Waals surface area contributed by atoms with Crippen molar-refractivity contribution in [1.82, 2.24) is 10.2 Å². The molecule has 6 heteroatoms. The molecule has 0 saturated heterocycles. The van der Waals surface area contributed by atoms with Crippen molar-refractivity contribution in [2.75, 3.05) is 0 Å². The van der Waals surface area contributed by atoms with Crippen LogP contribution < -0.4 is 4.74 Å². The van der Waals surface area contributed by atoms with E-state index >= 15 is 0 Å². The van der Waals surface area contributed by atoms with Gasteiger partial charge in [-0.05, 0) is 42.0 Å². The van der Waals surface area contributed by atoms with Crippen molar-refractivity contribution in [1.29, 1.82) is 0 Å². The standard InChI is InChI=1S/C15H10ClFN2O2/c16-12-5-1-10(2-6-12)9-20-15-19-18-14(21-15)11-3-7-13(17)8-4-11/h1-8H,9H2. The molecule has 0 spiro atoms. The molecule has 0 fully saturated rings. The maximum Gasteiger partial charge on any atom is 0.415 e. The minimum atomic E-state index is -0.322. The highest BCUT2D eigenvalue weighted by Crippen LogP contribution is 2.21. The molecule has 0 aliphatic carbocycles. The molecule has 1 heterocycles. The van der Waals surface area contributed by atoms with E-state index in [1.165, 1.54) is 12.1 Å². The van der Waals surface area contributed by atoms with Gasteiger partial charge in [0, 0.05) is 10.6 Å². The minimum Gasteiger partial charge on any atom is -0.444 e. The quantitative estimate of drug-likeness (QED) is 0.728. The van der Waals surface area contributed by atoms with Gasteiger partial charge in [0.2, 0.25) is 0 Å². The van der Waals surface area contributed by atoms with Gasteiger partial charge in [-0.25, -0.2) is 4.39 Å². The number of hydrogen-bond donors (Lipinski definition) is 0. The molecule has 1 aromatic heterocycles. The molecule has 3 rings (SSSR count). The van der Waals surface area contributed by atoms with E-state index in [2.05, 4.69) is 10.2 Å². The minimum absolute atomic E-state index is 0.0595. The molecule has 106 valence electrons. The number of nitrogens with zero attached hydrogens (tertiary/aromatic N) is 2. The van der Waals surface area contributed by atoms with Crippen LogP contribution in [-0.4, -0.2) is 10.2 Å². The monoisotopic (exact) mass is 304 g/mol. The highest BCUT2D eigenvalue weighted by atomic mass is 35.5. The third-order valence-electron chi connectivity index (χ3n) is 2.77. The lowest BCUT2D eigenvalue weighted by Crippen LogP contribution is -1.95. The molecule has 0 atom stereocenters. The number of aromatic nitrogens is 2. The van der Waals surface area contributed by atoms with Gasteiger partial charge in [-0.1, -0.05) is 28.8 Å². The summed E-state index contributed by atoms with van der Waals surface area (Å²) in [5, 5.41) is 8.31. The molecular formula is C15H10ClFN2O2. The van der Waals surface area contributed by atoms with E-state index < -0.39 is 0 Å². The maximum atomic E-state index is 12.8. The first kappa shape index (κ1) is 13.6.